The van der Waals surface area contributed by atoms with Crippen LogP contribution in [0, 0.1) is 13.8 Å². The molecular formula is C15H25N3O. The van der Waals surface area contributed by atoms with Crippen LogP contribution in [0.2, 0.25) is 0 Å². The number of benzene rings is 1. The van der Waals surface area contributed by atoms with Gasteiger partial charge in [-0.2, -0.15) is 0 Å². The van der Waals surface area contributed by atoms with Crippen molar-refractivity contribution in [1.82, 2.24) is 10.2 Å². The molecule has 1 aromatic rings. The third kappa shape index (κ3) is 5.85. The number of aryl methyl sites for hydroxylation is 2. The molecule has 106 valence electrons. The molecule has 19 heavy (non-hydrogen) atoms. The van der Waals surface area contributed by atoms with Crippen molar-refractivity contribution in [2.75, 3.05) is 39.0 Å². The Bertz CT molecular complexity index is 396. The third-order valence-corrected chi connectivity index (χ3v) is 2.99. The van der Waals surface area contributed by atoms with Crippen LogP contribution in [0.15, 0.2) is 18.2 Å². The summed E-state index contributed by atoms with van der Waals surface area (Å²) in [5.41, 5.74) is 3.13. The molecule has 0 spiro atoms. The van der Waals surface area contributed by atoms with Gasteiger partial charge in [-0.3, -0.25) is 4.79 Å². The van der Waals surface area contributed by atoms with Gasteiger partial charge in [-0.05, 0) is 58.6 Å². The molecule has 0 saturated carbocycles. The highest BCUT2D eigenvalue weighted by Gasteiger charge is 2.06. The first-order chi connectivity index (χ1) is 9.00. The zero-order valence-corrected chi connectivity index (χ0v) is 12.4. The minimum absolute atomic E-state index is 0.0160. The highest BCUT2D eigenvalue weighted by molar-refractivity contribution is 5.93. The van der Waals surface area contributed by atoms with Crippen molar-refractivity contribution in [3.05, 3.63) is 29.3 Å². The number of anilines is 1. The van der Waals surface area contributed by atoms with Gasteiger partial charge in [0.15, 0.2) is 0 Å². The van der Waals surface area contributed by atoms with Gasteiger partial charge in [-0.25, -0.2) is 0 Å². The average Bonchev–Trinajstić information content (AvgIpc) is 2.33. The fraction of sp³-hybridized carbons (Fsp3) is 0.533. The van der Waals surface area contributed by atoms with Crippen LogP contribution in [0.25, 0.3) is 0 Å². The molecule has 0 fully saturated rings. The number of para-hydroxylation sites is 1. The highest BCUT2D eigenvalue weighted by atomic mass is 16.1. The second kappa shape index (κ2) is 7.92. The summed E-state index contributed by atoms with van der Waals surface area (Å²) in [4.78, 5) is 14.0. The molecule has 1 rings (SSSR count). The number of carbonyl (C=O) groups excluding carboxylic acids is 1. The molecule has 0 aliphatic carbocycles. The van der Waals surface area contributed by atoms with E-state index in [1.54, 1.807) is 0 Å². The molecule has 1 aromatic carbocycles. The normalized spacial score (nSPS) is 10.8. The van der Waals surface area contributed by atoms with Crippen LogP contribution < -0.4 is 10.6 Å². The molecule has 0 unspecified atom stereocenters. The molecule has 0 aromatic heterocycles. The van der Waals surface area contributed by atoms with Crippen molar-refractivity contribution in [3.63, 3.8) is 0 Å². The predicted molar refractivity (Wildman–Crippen MR) is 80.6 cm³/mol. The number of nitrogens with zero attached hydrogens (tertiary/aromatic N) is 1. The number of nitrogens with one attached hydrogen (secondary N) is 2. The van der Waals surface area contributed by atoms with Crippen LogP contribution in [0.4, 0.5) is 5.69 Å². The van der Waals surface area contributed by atoms with Crippen molar-refractivity contribution < 1.29 is 4.79 Å². The Morgan fingerprint density at radius 2 is 1.84 bits per heavy atom. The zero-order valence-electron chi connectivity index (χ0n) is 12.4. The van der Waals surface area contributed by atoms with E-state index in [4.69, 9.17) is 0 Å². The quantitative estimate of drug-likeness (QED) is 0.737. The highest BCUT2D eigenvalue weighted by Crippen LogP contribution is 2.18. The minimum atomic E-state index is 0.0160. The van der Waals surface area contributed by atoms with Gasteiger partial charge in [0, 0.05) is 5.69 Å². The maximum absolute atomic E-state index is 11.8. The number of amides is 1. The lowest BCUT2D eigenvalue weighted by molar-refractivity contribution is -0.115. The van der Waals surface area contributed by atoms with Crippen molar-refractivity contribution in [1.29, 1.82) is 0 Å². The van der Waals surface area contributed by atoms with Crippen LogP contribution in [0.5, 0.6) is 0 Å². The number of hydrogen-bond donors (Lipinski definition) is 2. The molecule has 0 aliphatic heterocycles. The third-order valence-electron chi connectivity index (χ3n) is 2.99. The second-order valence-corrected chi connectivity index (χ2v) is 5.15. The second-order valence-electron chi connectivity index (χ2n) is 5.15. The molecule has 4 nitrogen and oxygen atoms in total. The predicted octanol–water partition coefficient (Wildman–Crippen LogP) is 1.78. The first kappa shape index (κ1) is 15.7. The SMILES string of the molecule is Cc1cccc(C)c1NC(=O)CNCCCN(C)C. The number of carbonyl (C=O) groups is 1. The summed E-state index contributed by atoms with van der Waals surface area (Å²) in [5, 5.41) is 6.13. The molecule has 0 saturated heterocycles. The van der Waals surface area contributed by atoms with Gasteiger partial charge in [0.2, 0.25) is 5.91 Å². The number of rotatable bonds is 7. The van der Waals surface area contributed by atoms with E-state index in [1.165, 1.54) is 0 Å². The fourth-order valence-electron chi connectivity index (χ4n) is 1.92. The maximum atomic E-state index is 11.8. The van der Waals surface area contributed by atoms with Crippen molar-refractivity contribution >= 4 is 11.6 Å². The minimum Gasteiger partial charge on any atom is -0.324 e. The Morgan fingerprint density at radius 3 is 2.42 bits per heavy atom. The summed E-state index contributed by atoms with van der Waals surface area (Å²) in [5.74, 6) is 0.0160. The summed E-state index contributed by atoms with van der Waals surface area (Å²) >= 11 is 0. The molecule has 4 heteroatoms. The van der Waals surface area contributed by atoms with Crippen LogP contribution >= 0.6 is 0 Å². The Kier molecular flexibility index (Phi) is 6.53. The Morgan fingerprint density at radius 1 is 1.21 bits per heavy atom. The van der Waals surface area contributed by atoms with Crippen molar-refractivity contribution in [2.45, 2.75) is 20.3 Å². The van der Waals surface area contributed by atoms with Crippen LogP contribution in [0.3, 0.4) is 0 Å². The average molecular weight is 263 g/mol. The van der Waals surface area contributed by atoms with Gasteiger partial charge in [0.25, 0.3) is 0 Å². The monoisotopic (exact) mass is 263 g/mol. The van der Waals surface area contributed by atoms with Gasteiger partial charge < -0.3 is 15.5 Å². The van der Waals surface area contributed by atoms with Gasteiger partial charge >= 0.3 is 0 Å². The van der Waals surface area contributed by atoms with E-state index in [0.717, 1.165) is 36.3 Å². The van der Waals surface area contributed by atoms with Crippen LogP contribution in [-0.2, 0) is 4.79 Å². The standard InChI is InChI=1S/C15H25N3O/c1-12-7-5-8-13(2)15(12)17-14(19)11-16-9-6-10-18(3)4/h5,7-8,16H,6,9-11H2,1-4H3,(H,17,19). The summed E-state index contributed by atoms with van der Waals surface area (Å²) in [6.07, 6.45) is 1.05. The first-order valence-corrected chi connectivity index (χ1v) is 6.72. The van der Waals surface area contributed by atoms with Gasteiger partial charge in [-0.15, -0.1) is 0 Å². The van der Waals surface area contributed by atoms with E-state index in [2.05, 4.69) is 15.5 Å². The molecular weight excluding hydrogens is 238 g/mol. The molecule has 2 N–H and O–H groups in total. The Labute approximate surface area is 116 Å². The van der Waals surface area contributed by atoms with Gasteiger partial charge in [0.05, 0.1) is 6.54 Å². The fourth-order valence-corrected chi connectivity index (χ4v) is 1.92. The summed E-state index contributed by atoms with van der Waals surface area (Å²) in [6, 6.07) is 6.01. The molecule has 1 amide bonds. The molecule has 0 atom stereocenters. The van der Waals surface area contributed by atoms with Crippen molar-refractivity contribution in [2.24, 2.45) is 0 Å². The molecule has 0 heterocycles. The van der Waals surface area contributed by atoms with Crippen molar-refractivity contribution in [3.8, 4) is 0 Å². The Hall–Kier alpha value is -1.39. The Balaban J connectivity index is 2.32. The van der Waals surface area contributed by atoms with E-state index in [0.29, 0.717) is 6.54 Å². The largest absolute Gasteiger partial charge is 0.324 e. The lowest BCUT2D eigenvalue weighted by Gasteiger charge is -2.12. The van der Waals surface area contributed by atoms with Crippen LogP contribution in [0.1, 0.15) is 17.5 Å². The van der Waals surface area contributed by atoms with Gasteiger partial charge in [0.1, 0.15) is 0 Å². The first-order valence-electron chi connectivity index (χ1n) is 6.72. The smallest absolute Gasteiger partial charge is 0.238 e. The molecule has 0 bridgehead atoms. The lowest BCUT2D eigenvalue weighted by atomic mass is 10.1. The van der Waals surface area contributed by atoms with Crippen LogP contribution in [-0.4, -0.2) is 44.5 Å². The van der Waals surface area contributed by atoms with E-state index in [-0.39, 0.29) is 5.91 Å². The van der Waals surface area contributed by atoms with Gasteiger partial charge in [-0.1, -0.05) is 18.2 Å². The topological polar surface area (TPSA) is 44.4 Å². The zero-order chi connectivity index (χ0) is 14.3. The molecule has 0 aliphatic rings. The summed E-state index contributed by atoms with van der Waals surface area (Å²) < 4.78 is 0. The van der Waals surface area contributed by atoms with E-state index >= 15 is 0 Å². The lowest BCUT2D eigenvalue weighted by Crippen LogP contribution is -2.30. The van der Waals surface area contributed by atoms with E-state index < -0.39 is 0 Å². The summed E-state index contributed by atoms with van der Waals surface area (Å²) in [6.45, 7) is 6.27. The summed E-state index contributed by atoms with van der Waals surface area (Å²) in [7, 11) is 4.10. The maximum Gasteiger partial charge on any atom is 0.238 e. The molecule has 0 radical (unpaired) electrons. The number of hydrogen-bond acceptors (Lipinski definition) is 3. The van der Waals surface area contributed by atoms with E-state index in [1.807, 2.05) is 46.1 Å². The van der Waals surface area contributed by atoms with E-state index in [9.17, 15) is 4.79 Å².